The summed E-state index contributed by atoms with van der Waals surface area (Å²) in [6.45, 7) is 1.77. The molecule has 0 spiro atoms. The molecule has 2 aromatic heterocycles. The van der Waals surface area contributed by atoms with Gasteiger partial charge in [0.15, 0.2) is 5.65 Å². The number of carbonyl (C=O) groups is 1. The van der Waals surface area contributed by atoms with Gasteiger partial charge in [0.2, 0.25) is 5.91 Å². The molecule has 0 saturated carbocycles. The first kappa shape index (κ1) is 15.9. The second kappa shape index (κ2) is 5.19. The SMILES string of the molecule is Cc1ccn2nc(C(F)(F)F)nc2c1-c1cc(Cl)c2c(c1)CC(=O)N2. The highest BCUT2D eigenvalue weighted by atomic mass is 35.5. The van der Waals surface area contributed by atoms with E-state index in [1.165, 1.54) is 6.20 Å². The molecule has 128 valence electrons. The van der Waals surface area contributed by atoms with Crippen LogP contribution in [0.4, 0.5) is 18.9 Å². The van der Waals surface area contributed by atoms with Gasteiger partial charge in [-0.05, 0) is 41.8 Å². The number of aryl methyl sites for hydroxylation is 1. The van der Waals surface area contributed by atoms with Gasteiger partial charge in [-0.25, -0.2) is 9.50 Å². The third kappa shape index (κ3) is 2.53. The van der Waals surface area contributed by atoms with E-state index in [0.29, 0.717) is 27.4 Å². The number of halogens is 4. The molecule has 1 aliphatic heterocycles. The largest absolute Gasteiger partial charge is 0.453 e. The van der Waals surface area contributed by atoms with Gasteiger partial charge in [-0.3, -0.25) is 4.79 Å². The van der Waals surface area contributed by atoms with Gasteiger partial charge >= 0.3 is 6.18 Å². The van der Waals surface area contributed by atoms with Crippen LogP contribution in [-0.4, -0.2) is 20.5 Å². The summed E-state index contributed by atoms with van der Waals surface area (Å²) in [5.74, 6) is -1.38. The van der Waals surface area contributed by atoms with Crippen LogP contribution in [0.25, 0.3) is 16.8 Å². The molecule has 1 aromatic carbocycles. The van der Waals surface area contributed by atoms with Gasteiger partial charge in [0.05, 0.1) is 17.1 Å². The minimum atomic E-state index is -4.64. The summed E-state index contributed by atoms with van der Waals surface area (Å²) in [5.41, 5.74) is 3.13. The maximum absolute atomic E-state index is 12.9. The van der Waals surface area contributed by atoms with Gasteiger partial charge in [-0.15, -0.1) is 5.10 Å². The fourth-order valence-electron chi connectivity index (χ4n) is 2.96. The Bertz CT molecular complexity index is 1040. The van der Waals surface area contributed by atoms with Gasteiger partial charge in [-0.1, -0.05) is 11.6 Å². The fourth-order valence-corrected chi connectivity index (χ4v) is 3.25. The van der Waals surface area contributed by atoms with Crippen LogP contribution >= 0.6 is 11.6 Å². The molecular weight excluding hydrogens is 357 g/mol. The van der Waals surface area contributed by atoms with E-state index in [1.54, 1.807) is 25.1 Å². The number of nitrogens with zero attached hydrogens (tertiary/aromatic N) is 3. The summed E-state index contributed by atoms with van der Waals surface area (Å²) in [6.07, 6.45) is -3.04. The average Bonchev–Trinajstić information content (AvgIpc) is 3.09. The number of alkyl halides is 3. The standard InChI is InChI=1S/C16H10ClF3N4O/c1-7-2-3-24-14(22-15(23-24)16(18,19)20)12(7)8-4-9-6-11(25)21-13(9)10(17)5-8/h2-5H,6H2,1H3,(H,21,25). The number of benzene rings is 1. The molecule has 0 unspecified atom stereocenters. The van der Waals surface area contributed by atoms with Crippen LogP contribution in [0.5, 0.6) is 0 Å². The quantitative estimate of drug-likeness (QED) is 0.711. The Morgan fingerprint density at radius 1 is 1.32 bits per heavy atom. The van der Waals surface area contributed by atoms with Crippen molar-refractivity contribution in [3.8, 4) is 11.1 Å². The van der Waals surface area contributed by atoms with Crippen molar-refractivity contribution < 1.29 is 18.0 Å². The first-order valence-electron chi connectivity index (χ1n) is 7.30. The molecule has 25 heavy (non-hydrogen) atoms. The van der Waals surface area contributed by atoms with Gasteiger partial charge in [0.1, 0.15) is 0 Å². The van der Waals surface area contributed by atoms with Crippen molar-refractivity contribution in [3.63, 3.8) is 0 Å². The average molecular weight is 367 g/mol. The molecule has 5 nitrogen and oxygen atoms in total. The topological polar surface area (TPSA) is 59.3 Å². The number of hydrogen-bond donors (Lipinski definition) is 1. The highest BCUT2D eigenvalue weighted by Crippen LogP contribution is 2.38. The van der Waals surface area contributed by atoms with Crippen molar-refractivity contribution in [2.45, 2.75) is 19.5 Å². The molecule has 4 rings (SSSR count). The Morgan fingerprint density at radius 2 is 2.08 bits per heavy atom. The van der Waals surface area contributed by atoms with Crippen molar-refractivity contribution in [3.05, 3.63) is 46.4 Å². The third-order valence-electron chi connectivity index (χ3n) is 4.04. The van der Waals surface area contributed by atoms with Gasteiger partial charge in [0, 0.05) is 11.8 Å². The normalized spacial score (nSPS) is 14.0. The molecule has 1 amide bonds. The van der Waals surface area contributed by atoms with E-state index in [-0.39, 0.29) is 18.0 Å². The number of carbonyl (C=O) groups excluding carboxylic acids is 1. The van der Waals surface area contributed by atoms with Crippen LogP contribution in [0.2, 0.25) is 5.02 Å². The van der Waals surface area contributed by atoms with Crippen molar-refractivity contribution in [2.75, 3.05) is 5.32 Å². The lowest BCUT2D eigenvalue weighted by Crippen LogP contribution is -2.07. The molecule has 1 aliphatic rings. The van der Waals surface area contributed by atoms with E-state index in [1.807, 2.05) is 0 Å². The smallest absolute Gasteiger partial charge is 0.324 e. The summed E-state index contributed by atoms with van der Waals surface area (Å²) in [6, 6.07) is 5.00. The molecule has 0 aliphatic carbocycles. The van der Waals surface area contributed by atoms with Crippen molar-refractivity contribution in [1.29, 1.82) is 0 Å². The minimum absolute atomic E-state index is 0.0839. The van der Waals surface area contributed by atoms with E-state index in [0.717, 1.165) is 10.1 Å². The first-order valence-corrected chi connectivity index (χ1v) is 7.67. The third-order valence-corrected chi connectivity index (χ3v) is 4.34. The number of nitrogens with one attached hydrogen (secondary N) is 1. The molecule has 9 heteroatoms. The summed E-state index contributed by atoms with van der Waals surface area (Å²) < 4.78 is 39.9. The van der Waals surface area contributed by atoms with Crippen molar-refractivity contribution in [1.82, 2.24) is 14.6 Å². The highest BCUT2D eigenvalue weighted by Gasteiger charge is 2.36. The summed E-state index contributed by atoms with van der Waals surface area (Å²) >= 11 is 6.23. The molecule has 3 aromatic rings. The number of hydrogen-bond acceptors (Lipinski definition) is 3. The van der Waals surface area contributed by atoms with E-state index in [9.17, 15) is 18.0 Å². The van der Waals surface area contributed by atoms with E-state index in [4.69, 9.17) is 11.6 Å². The monoisotopic (exact) mass is 366 g/mol. The number of rotatable bonds is 1. The van der Waals surface area contributed by atoms with E-state index in [2.05, 4.69) is 15.4 Å². The van der Waals surface area contributed by atoms with Gasteiger partial charge in [0.25, 0.3) is 5.82 Å². The Morgan fingerprint density at radius 3 is 2.80 bits per heavy atom. The summed E-state index contributed by atoms with van der Waals surface area (Å²) in [5, 5.41) is 6.50. The highest BCUT2D eigenvalue weighted by molar-refractivity contribution is 6.34. The minimum Gasteiger partial charge on any atom is -0.324 e. The zero-order valence-corrected chi connectivity index (χ0v) is 13.5. The zero-order valence-electron chi connectivity index (χ0n) is 12.8. The predicted octanol–water partition coefficient (Wildman–Crippen LogP) is 3.87. The number of aromatic nitrogens is 3. The van der Waals surface area contributed by atoms with Crippen LogP contribution in [0.1, 0.15) is 17.0 Å². The Balaban J connectivity index is 1.97. The van der Waals surface area contributed by atoms with Crippen molar-refractivity contribution >= 4 is 28.8 Å². The lowest BCUT2D eigenvalue weighted by atomic mass is 9.99. The molecule has 0 fully saturated rings. The molecule has 3 heterocycles. The van der Waals surface area contributed by atoms with Gasteiger partial charge in [-0.2, -0.15) is 13.2 Å². The lowest BCUT2D eigenvalue weighted by Gasteiger charge is -2.10. The molecular formula is C16H10ClF3N4O. The summed E-state index contributed by atoms with van der Waals surface area (Å²) in [7, 11) is 0. The maximum Gasteiger partial charge on any atom is 0.453 e. The number of amides is 1. The second-order valence-electron chi connectivity index (χ2n) is 5.79. The van der Waals surface area contributed by atoms with Gasteiger partial charge < -0.3 is 5.32 Å². The predicted molar refractivity (Wildman–Crippen MR) is 85.5 cm³/mol. The first-order chi connectivity index (χ1) is 11.7. The molecule has 0 atom stereocenters. The van der Waals surface area contributed by atoms with Crippen molar-refractivity contribution in [2.24, 2.45) is 0 Å². The zero-order chi connectivity index (χ0) is 17.9. The Kier molecular flexibility index (Phi) is 3.30. The van der Waals surface area contributed by atoms with Crippen LogP contribution < -0.4 is 5.32 Å². The molecule has 0 saturated heterocycles. The van der Waals surface area contributed by atoms with Crippen LogP contribution in [-0.2, 0) is 17.4 Å². The lowest BCUT2D eigenvalue weighted by molar-refractivity contribution is -0.144. The number of fused-ring (bicyclic) bond motifs is 2. The Labute approximate surface area is 144 Å². The maximum atomic E-state index is 12.9. The van der Waals surface area contributed by atoms with Crippen LogP contribution in [0.15, 0.2) is 24.4 Å². The Hall–Kier alpha value is -2.61. The van der Waals surface area contributed by atoms with E-state index >= 15 is 0 Å². The molecule has 0 bridgehead atoms. The fraction of sp³-hybridized carbons (Fsp3) is 0.188. The van der Waals surface area contributed by atoms with E-state index < -0.39 is 12.0 Å². The number of pyridine rings is 1. The molecule has 0 radical (unpaired) electrons. The van der Waals surface area contributed by atoms with Crippen LogP contribution in [0.3, 0.4) is 0 Å². The summed E-state index contributed by atoms with van der Waals surface area (Å²) in [4.78, 5) is 15.2. The molecule has 1 N–H and O–H groups in total. The number of anilines is 1. The second-order valence-corrected chi connectivity index (χ2v) is 6.20. The van der Waals surface area contributed by atoms with Crippen LogP contribution in [0, 0.1) is 6.92 Å².